The summed E-state index contributed by atoms with van der Waals surface area (Å²) in [6.07, 6.45) is 4.77. The standard InChI is InChI=1S/C17H16ClN5O3/c18-13-3-1-2-12(8-13)10-23-11-14(9-19-23)20-17(26)15-4-6-22(21-15)7-5-16(24)25/h1-4,6,8-9,11H,5,7,10H2,(H,20,26)(H,24,25). The van der Waals surface area contributed by atoms with Crippen LogP contribution in [-0.4, -0.2) is 36.5 Å². The van der Waals surface area contributed by atoms with E-state index in [0.29, 0.717) is 17.3 Å². The van der Waals surface area contributed by atoms with E-state index in [1.165, 1.54) is 10.7 Å². The fourth-order valence-corrected chi connectivity index (χ4v) is 2.56. The van der Waals surface area contributed by atoms with Crippen LogP contribution in [0.4, 0.5) is 5.69 Å². The van der Waals surface area contributed by atoms with E-state index in [-0.39, 0.29) is 24.6 Å². The molecule has 0 saturated heterocycles. The zero-order valence-electron chi connectivity index (χ0n) is 13.7. The first-order valence-corrected chi connectivity index (χ1v) is 8.21. The Morgan fingerprint density at radius 2 is 2.08 bits per heavy atom. The molecule has 0 atom stereocenters. The van der Waals surface area contributed by atoms with Gasteiger partial charge in [-0.1, -0.05) is 23.7 Å². The molecule has 0 aliphatic carbocycles. The highest BCUT2D eigenvalue weighted by atomic mass is 35.5. The first-order chi connectivity index (χ1) is 12.5. The fourth-order valence-electron chi connectivity index (χ4n) is 2.35. The molecule has 2 N–H and O–H groups in total. The van der Waals surface area contributed by atoms with Crippen LogP contribution in [-0.2, 0) is 17.9 Å². The number of anilines is 1. The molecule has 134 valence electrons. The highest BCUT2D eigenvalue weighted by Crippen LogP contribution is 2.13. The van der Waals surface area contributed by atoms with Gasteiger partial charge in [0, 0.05) is 17.4 Å². The second-order valence-corrected chi connectivity index (χ2v) is 6.05. The zero-order valence-corrected chi connectivity index (χ0v) is 14.4. The lowest BCUT2D eigenvalue weighted by Crippen LogP contribution is -2.13. The smallest absolute Gasteiger partial charge is 0.305 e. The number of nitrogens with one attached hydrogen (secondary N) is 1. The summed E-state index contributed by atoms with van der Waals surface area (Å²) in [4.78, 5) is 22.8. The Morgan fingerprint density at radius 1 is 1.23 bits per heavy atom. The van der Waals surface area contributed by atoms with Crippen molar-refractivity contribution in [2.45, 2.75) is 19.5 Å². The lowest BCUT2D eigenvalue weighted by atomic mass is 10.2. The van der Waals surface area contributed by atoms with Crippen molar-refractivity contribution in [1.82, 2.24) is 19.6 Å². The van der Waals surface area contributed by atoms with Crippen molar-refractivity contribution in [1.29, 1.82) is 0 Å². The number of benzene rings is 1. The van der Waals surface area contributed by atoms with Gasteiger partial charge in [-0.3, -0.25) is 19.0 Å². The van der Waals surface area contributed by atoms with E-state index in [9.17, 15) is 9.59 Å². The second kappa shape index (κ2) is 7.83. The van der Waals surface area contributed by atoms with E-state index >= 15 is 0 Å². The van der Waals surface area contributed by atoms with Crippen LogP contribution in [0.2, 0.25) is 5.02 Å². The van der Waals surface area contributed by atoms with Crippen molar-refractivity contribution in [3.63, 3.8) is 0 Å². The molecule has 1 aromatic carbocycles. The maximum absolute atomic E-state index is 12.2. The molecule has 2 aromatic heterocycles. The monoisotopic (exact) mass is 373 g/mol. The summed E-state index contributed by atoms with van der Waals surface area (Å²) in [6.45, 7) is 0.737. The Balaban J connectivity index is 1.60. The van der Waals surface area contributed by atoms with Gasteiger partial charge in [-0.2, -0.15) is 10.2 Å². The molecule has 0 radical (unpaired) electrons. The molecular formula is C17H16ClN5O3. The van der Waals surface area contributed by atoms with Crippen molar-refractivity contribution in [3.8, 4) is 0 Å². The molecule has 1 amide bonds. The van der Waals surface area contributed by atoms with E-state index < -0.39 is 5.97 Å². The first kappa shape index (κ1) is 17.7. The van der Waals surface area contributed by atoms with Crippen LogP contribution in [0.5, 0.6) is 0 Å². The van der Waals surface area contributed by atoms with Crippen LogP contribution in [0, 0.1) is 0 Å². The fraction of sp³-hybridized carbons (Fsp3) is 0.176. The highest BCUT2D eigenvalue weighted by Gasteiger charge is 2.11. The predicted octanol–water partition coefficient (Wildman–Crippen LogP) is 2.51. The molecule has 26 heavy (non-hydrogen) atoms. The molecule has 0 bridgehead atoms. The topological polar surface area (TPSA) is 102 Å². The lowest BCUT2D eigenvalue weighted by Gasteiger charge is -2.02. The number of amides is 1. The van der Waals surface area contributed by atoms with Gasteiger partial charge in [0.2, 0.25) is 0 Å². The summed E-state index contributed by atoms with van der Waals surface area (Å²) in [5.41, 5.74) is 1.74. The van der Waals surface area contributed by atoms with Gasteiger partial charge >= 0.3 is 5.97 Å². The maximum Gasteiger partial charge on any atom is 0.305 e. The maximum atomic E-state index is 12.2. The van der Waals surface area contributed by atoms with Crippen molar-refractivity contribution >= 4 is 29.2 Å². The first-order valence-electron chi connectivity index (χ1n) is 7.83. The van der Waals surface area contributed by atoms with E-state index in [1.54, 1.807) is 29.3 Å². The summed E-state index contributed by atoms with van der Waals surface area (Å²) >= 11 is 5.97. The number of nitrogens with zero attached hydrogens (tertiary/aromatic N) is 4. The molecule has 0 spiro atoms. The van der Waals surface area contributed by atoms with Crippen molar-refractivity contribution < 1.29 is 14.7 Å². The van der Waals surface area contributed by atoms with Crippen molar-refractivity contribution in [2.75, 3.05) is 5.32 Å². The minimum Gasteiger partial charge on any atom is -0.481 e. The molecule has 3 aromatic rings. The Kier molecular flexibility index (Phi) is 5.33. The number of halogens is 1. The minimum absolute atomic E-state index is 0.0565. The highest BCUT2D eigenvalue weighted by molar-refractivity contribution is 6.30. The Labute approximate surface area is 154 Å². The molecular weight excluding hydrogens is 358 g/mol. The van der Waals surface area contributed by atoms with Crippen LogP contribution < -0.4 is 5.32 Å². The average molecular weight is 374 g/mol. The molecule has 0 fully saturated rings. The van der Waals surface area contributed by atoms with Crippen molar-refractivity contribution in [3.05, 3.63) is 65.2 Å². The van der Waals surface area contributed by atoms with Gasteiger partial charge in [-0.15, -0.1) is 0 Å². The minimum atomic E-state index is -0.918. The number of aryl methyl sites for hydroxylation is 1. The number of carbonyl (C=O) groups excluding carboxylic acids is 1. The van der Waals surface area contributed by atoms with Gasteiger partial charge in [-0.05, 0) is 23.8 Å². The third kappa shape index (κ3) is 4.70. The van der Waals surface area contributed by atoms with E-state index in [0.717, 1.165) is 5.56 Å². The Morgan fingerprint density at radius 3 is 2.85 bits per heavy atom. The van der Waals surface area contributed by atoms with Crippen molar-refractivity contribution in [2.24, 2.45) is 0 Å². The largest absolute Gasteiger partial charge is 0.481 e. The molecule has 0 aliphatic rings. The summed E-state index contributed by atoms with van der Waals surface area (Å²) in [7, 11) is 0. The summed E-state index contributed by atoms with van der Waals surface area (Å²) in [6, 6.07) is 8.99. The lowest BCUT2D eigenvalue weighted by molar-refractivity contribution is -0.137. The van der Waals surface area contributed by atoms with Gasteiger partial charge in [0.15, 0.2) is 5.69 Å². The Hall–Kier alpha value is -3.13. The molecule has 0 unspecified atom stereocenters. The quantitative estimate of drug-likeness (QED) is 0.662. The number of hydrogen-bond donors (Lipinski definition) is 2. The van der Waals surface area contributed by atoms with Gasteiger partial charge in [0.25, 0.3) is 5.91 Å². The van der Waals surface area contributed by atoms with Crippen LogP contribution >= 0.6 is 11.6 Å². The van der Waals surface area contributed by atoms with Gasteiger partial charge < -0.3 is 10.4 Å². The number of carboxylic acid groups (broad SMARTS) is 1. The van der Waals surface area contributed by atoms with E-state index in [4.69, 9.17) is 16.7 Å². The molecule has 0 aliphatic heterocycles. The average Bonchev–Trinajstić information content (AvgIpc) is 3.22. The van der Waals surface area contributed by atoms with E-state index in [2.05, 4.69) is 15.5 Å². The zero-order chi connectivity index (χ0) is 18.5. The SMILES string of the molecule is O=C(O)CCn1ccc(C(=O)Nc2cnn(Cc3cccc(Cl)c3)c2)n1. The summed E-state index contributed by atoms with van der Waals surface area (Å²) in [5, 5.41) is 20.3. The summed E-state index contributed by atoms with van der Waals surface area (Å²) in [5.74, 6) is -1.31. The normalized spacial score (nSPS) is 10.7. The van der Waals surface area contributed by atoms with Gasteiger partial charge in [-0.25, -0.2) is 0 Å². The van der Waals surface area contributed by atoms with Crippen LogP contribution in [0.1, 0.15) is 22.5 Å². The van der Waals surface area contributed by atoms with Crippen LogP contribution in [0.25, 0.3) is 0 Å². The molecule has 3 rings (SSSR count). The van der Waals surface area contributed by atoms with E-state index in [1.807, 2.05) is 18.2 Å². The number of aliphatic carboxylic acids is 1. The molecule has 8 nitrogen and oxygen atoms in total. The van der Waals surface area contributed by atoms with Crippen LogP contribution in [0.3, 0.4) is 0 Å². The predicted molar refractivity (Wildman–Crippen MR) is 95.2 cm³/mol. The third-order valence-corrected chi connectivity index (χ3v) is 3.79. The number of aromatic nitrogens is 4. The molecule has 2 heterocycles. The molecule has 9 heteroatoms. The van der Waals surface area contributed by atoms with Gasteiger partial charge in [0.05, 0.1) is 31.4 Å². The number of hydrogen-bond acceptors (Lipinski definition) is 4. The number of carbonyl (C=O) groups is 2. The van der Waals surface area contributed by atoms with Crippen LogP contribution in [0.15, 0.2) is 48.9 Å². The second-order valence-electron chi connectivity index (χ2n) is 5.62. The van der Waals surface area contributed by atoms with Gasteiger partial charge in [0.1, 0.15) is 0 Å². The summed E-state index contributed by atoms with van der Waals surface area (Å²) < 4.78 is 3.11. The number of rotatable bonds is 7. The Bertz CT molecular complexity index is 934. The molecule has 0 saturated carbocycles. The number of carboxylic acids is 1. The third-order valence-electron chi connectivity index (χ3n) is 3.55.